The molecule has 4 rings (SSSR count). The Kier molecular flexibility index (Phi) is 7.95. The van der Waals surface area contributed by atoms with Crippen molar-refractivity contribution in [2.45, 2.75) is 12.8 Å². The van der Waals surface area contributed by atoms with Crippen LogP contribution in [0, 0.1) is 0 Å². The average Bonchev–Trinajstić information content (AvgIpc) is 2.88. The molecule has 0 saturated heterocycles. The molecule has 0 fully saturated rings. The number of hydrogen-bond acceptors (Lipinski definition) is 4. The number of benzene rings is 4. The summed E-state index contributed by atoms with van der Waals surface area (Å²) in [5.74, 6) is -0.243. The lowest BCUT2D eigenvalue weighted by Gasteiger charge is -2.11. The summed E-state index contributed by atoms with van der Waals surface area (Å²) in [5.41, 5.74) is 2.09. The first-order valence-corrected chi connectivity index (χ1v) is 11.7. The summed E-state index contributed by atoms with van der Waals surface area (Å²) in [6.45, 7) is 2.23. The monoisotopic (exact) mass is 454 g/mol. The topological polar surface area (TPSA) is 82.3 Å². The number of carbonyl (C=O) groups excluding carboxylic acids is 2. The van der Waals surface area contributed by atoms with Crippen molar-refractivity contribution in [2.24, 2.45) is 0 Å². The third-order valence-electron chi connectivity index (χ3n) is 5.68. The highest BCUT2D eigenvalue weighted by Crippen LogP contribution is 2.23. The molecule has 0 spiro atoms. The van der Waals surface area contributed by atoms with Crippen molar-refractivity contribution in [3.8, 4) is 0 Å². The minimum Gasteiger partial charge on any atom is -0.383 e. The largest absolute Gasteiger partial charge is 0.383 e. The van der Waals surface area contributed by atoms with Crippen LogP contribution >= 0.6 is 0 Å². The van der Waals surface area contributed by atoms with Crippen LogP contribution in [0.25, 0.3) is 21.5 Å². The Morgan fingerprint density at radius 3 is 1.38 bits per heavy atom. The van der Waals surface area contributed by atoms with Gasteiger partial charge in [-0.05, 0) is 22.9 Å². The van der Waals surface area contributed by atoms with Crippen LogP contribution in [0.2, 0.25) is 0 Å². The smallest absolute Gasteiger partial charge is 0.220 e. The van der Waals surface area contributed by atoms with E-state index in [-0.39, 0.29) is 24.7 Å². The molecular weight excluding hydrogens is 424 g/mol. The molecule has 0 radical (unpaired) electrons. The Morgan fingerprint density at radius 2 is 0.912 bits per heavy atom. The normalized spacial score (nSPS) is 10.7. The first-order chi connectivity index (χ1) is 16.7. The maximum absolute atomic E-state index is 12.1. The lowest BCUT2D eigenvalue weighted by Crippen LogP contribution is -2.32. The van der Waals surface area contributed by atoms with Crippen LogP contribution in [0.15, 0.2) is 84.9 Å². The van der Waals surface area contributed by atoms with Gasteiger partial charge in [0.05, 0.1) is 0 Å². The van der Waals surface area contributed by atoms with E-state index in [9.17, 15) is 9.59 Å². The van der Waals surface area contributed by atoms with Gasteiger partial charge in [0, 0.05) is 61.2 Å². The van der Waals surface area contributed by atoms with Crippen molar-refractivity contribution in [1.82, 2.24) is 10.6 Å². The zero-order chi connectivity index (χ0) is 23.6. The summed E-state index contributed by atoms with van der Waals surface area (Å²) in [4.78, 5) is 24.2. The fraction of sp³-hybridized carbons (Fsp3) is 0.214. The first-order valence-electron chi connectivity index (χ1n) is 11.7. The number of carbonyl (C=O) groups is 2. The lowest BCUT2D eigenvalue weighted by atomic mass is 10.1. The molecule has 0 aliphatic heterocycles. The van der Waals surface area contributed by atoms with E-state index >= 15 is 0 Å². The van der Waals surface area contributed by atoms with E-state index in [0.29, 0.717) is 26.2 Å². The van der Waals surface area contributed by atoms with E-state index < -0.39 is 0 Å². The first kappa shape index (κ1) is 23.1. The van der Waals surface area contributed by atoms with Crippen LogP contribution < -0.4 is 21.3 Å². The molecule has 0 aliphatic rings. The van der Waals surface area contributed by atoms with Crippen molar-refractivity contribution in [2.75, 3.05) is 36.8 Å². The number of amides is 2. The van der Waals surface area contributed by atoms with Gasteiger partial charge < -0.3 is 21.3 Å². The Morgan fingerprint density at radius 1 is 0.500 bits per heavy atom. The van der Waals surface area contributed by atoms with Crippen LogP contribution in [0.1, 0.15) is 12.8 Å². The Balaban J connectivity index is 1.10. The molecule has 0 saturated carbocycles. The minimum atomic E-state index is -0.122. The summed E-state index contributed by atoms with van der Waals surface area (Å²) in [5, 5.41) is 17.1. The van der Waals surface area contributed by atoms with Crippen molar-refractivity contribution in [3.63, 3.8) is 0 Å². The number of nitrogens with one attached hydrogen (secondary N) is 4. The molecule has 0 unspecified atom stereocenters. The van der Waals surface area contributed by atoms with Crippen molar-refractivity contribution < 1.29 is 9.59 Å². The van der Waals surface area contributed by atoms with E-state index in [0.717, 1.165) is 22.1 Å². The molecule has 2 amide bonds. The van der Waals surface area contributed by atoms with Crippen molar-refractivity contribution >= 4 is 44.7 Å². The molecule has 0 bridgehead atoms. The molecule has 0 heterocycles. The van der Waals surface area contributed by atoms with Gasteiger partial charge in [0.1, 0.15) is 0 Å². The van der Waals surface area contributed by atoms with Crippen LogP contribution in [0.5, 0.6) is 0 Å². The number of hydrogen-bond donors (Lipinski definition) is 4. The van der Waals surface area contributed by atoms with E-state index in [1.165, 1.54) is 10.8 Å². The highest BCUT2D eigenvalue weighted by atomic mass is 16.2. The Hall–Kier alpha value is -4.06. The standard InChI is InChI=1S/C28H30N4O2/c33-27(31-19-17-29-25-13-5-9-21-7-1-3-11-23(21)25)15-16-28(34)32-20-18-30-26-14-6-10-22-8-2-4-12-24(22)26/h1-14,29-30H,15-20H2,(H,31,33)(H,32,34). The van der Waals surface area contributed by atoms with Crippen LogP contribution in [-0.4, -0.2) is 38.0 Å². The minimum absolute atomic E-state index is 0.122. The van der Waals surface area contributed by atoms with Crippen molar-refractivity contribution in [1.29, 1.82) is 0 Å². The van der Waals surface area contributed by atoms with E-state index in [4.69, 9.17) is 0 Å². The van der Waals surface area contributed by atoms with Gasteiger partial charge in [0.2, 0.25) is 11.8 Å². The van der Waals surface area contributed by atoms with Crippen LogP contribution in [0.3, 0.4) is 0 Å². The Bertz CT molecular complexity index is 1160. The summed E-state index contributed by atoms with van der Waals surface area (Å²) >= 11 is 0. The molecule has 6 nitrogen and oxygen atoms in total. The molecule has 4 N–H and O–H groups in total. The van der Waals surface area contributed by atoms with Crippen LogP contribution in [-0.2, 0) is 9.59 Å². The molecular formula is C28H30N4O2. The highest BCUT2D eigenvalue weighted by molar-refractivity contribution is 5.94. The van der Waals surface area contributed by atoms with Crippen molar-refractivity contribution in [3.05, 3.63) is 84.9 Å². The molecule has 0 aromatic heterocycles. The zero-order valence-electron chi connectivity index (χ0n) is 19.1. The SMILES string of the molecule is O=C(CCC(=O)NCCNc1cccc2ccccc12)NCCNc1cccc2ccccc12. The second-order valence-electron chi connectivity index (χ2n) is 8.11. The van der Waals surface area contributed by atoms with Gasteiger partial charge in [0.25, 0.3) is 0 Å². The van der Waals surface area contributed by atoms with Gasteiger partial charge in [-0.3, -0.25) is 9.59 Å². The van der Waals surface area contributed by atoms with Crippen LogP contribution in [0.4, 0.5) is 11.4 Å². The molecule has 4 aromatic rings. The maximum Gasteiger partial charge on any atom is 0.220 e. The predicted octanol–water partition coefficient (Wildman–Crippen LogP) is 4.53. The molecule has 174 valence electrons. The lowest BCUT2D eigenvalue weighted by molar-refractivity contribution is -0.126. The third kappa shape index (κ3) is 6.25. The fourth-order valence-corrected chi connectivity index (χ4v) is 3.96. The molecule has 6 heteroatoms. The second kappa shape index (κ2) is 11.7. The maximum atomic E-state index is 12.1. The van der Waals surface area contributed by atoms with Gasteiger partial charge >= 0.3 is 0 Å². The predicted molar refractivity (Wildman–Crippen MR) is 140 cm³/mol. The molecule has 4 aromatic carbocycles. The third-order valence-corrected chi connectivity index (χ3v) is 5.68. The second-order valence-corrected chi connectivity index (χ2v) is 8.11. The van der Waals surface area contributed by atoms with Gasteiger partial charge in [-0.25, -0.2) is 0 Å². The fourth-order valence-electron chi connectivity index (χ4n) is 3.96. The van der Waals surface area contributed by atoms with Gasteiger partial charge in [0.15, 0.2) is 0 Å². The number of fused-ring (bicyclic) bond motifs is 2. The van der Waals surface area contributed by atoms with E-state index in [2.05, 4.69) is 57.7 Å². The van der Waals surface area contributed by atoms with Gasteiger partial charge in [-0.2, -0.15) is 0 Å². The molecule has 0 aliphatic carbocycles. The number of anilines is 2. The van der Waals surface area contributed by atoms with E-state index in [1.54, 1.807) is 0 Å². The Labute approximate surface area is 199 Å². The van der Waals surface area contributed by atoms with Gasteiger partial charge in [-0.1, -0.05) is 72.8 Å². The summed E-state index contributed by atoms with van der Waals surface area (Å²) < 4.78 is 0. The average molecular weight is 455 g/mol. The summed E-state index contributed by atoms with van der Waals surface area (Å²) in [7, 11) is 0. The molecule has 34 heavy (non-hydrogen) atoms. The summed E-state index contributed by atoms with van der Waals surface area (Å²) in [6, 6.07) is 28.6. The van der Waals surface area contributed by atoms with E-state index in [1.807, 2.05) is 48.5 Å². The number of rotatable bonds is 11. The highest BCUT2D eigenvalue weighted by Gasteiger charge is 2.07. The quantitative estimate of drug-likeness (QED) is 0.251. The molecule has 0 atom stereocenters. The summed E-state index contributed by atoms with van der Waals surface area (Å²) in [6.07, 6.45) is 0.355. The zero-order valence-corrected chi connectivity index (χ0v) is 19.1. The van der Waals surface area contributed by atoms with Gasteiger partial charge in [-0.15, -0.1) is 0 Å².